The molecule has 0 aliphatic heterocycles. The Bertz CT molecular complexity index is 1340. The number of benzene rings is 2. The fraction of sp³-hybridized carbons (Fsp3) is 0.0556. The zero-order valence-electron chi connectivity index (χ0n) is 15.6. The Labute approximate surface area is 192 Å². The lowest BCUT2D eigenvalue weighted by Gasteiger charge is -2.16. The third-order valence-corrected chi connectivity index (χ3v) is 8.80. The van der Waals surface area contributed by atoms with Crippen LogP contribution >= 0.6 is 34.5 Å². The monoisotopic (exact) mass is 520 g/mol. The van der Waals surface area contributed by atoms with Crippen molar-refractivity contribution in [1.82, 2.24) is 0 Å². The molecule has 2 aromatic carbocycles. The van der Waals surface area contributed by atoms with E-state index in [1.807, 2.05) is 0 Å². The third-order valence-electron chi connectivity index (χ3n) is 3.95. The van der Waals surface area contributed by atoms with Gasteiger partial charge < -0.3 is 4.74 Å². The van der Waals surface area contributed by atoms with E-state index in [0.717, 1.165) is 11.3 Å². The molecule has 3 aromatic rings. The van der Waals surface area contributed by atoms with Gasteiger partial charge in [0.25, 0.3) is 26.5 Å². The number of rotatable bonds is 8. The molecule has 2 N–H and O–H groups in total. The van der Waals surface area contributed by atoms with Crippen molar-refractivity contribution in [2.75, 3.05) is 9.44 Å². The summed E-state index contributed by atoms with van der Waals surface area (Å²) in [4.78, 5) is 10.4. The van der Waals surface area contributed by atoms with Crippen LogP contribution in [0.4, 0.5) is 11.4 Å². The van der Waals surface area contributed by atoms with Crippen molar-refractivity contribution in [2.45, 2.75) is 16.0 Å². The zero-order chi connectivity index (χ0) is 22.8. The topological polar surface area (TPSA) is 119 Å². The quantitative estimate of drug-likeness (QED) is 0.422. The van der Waals surface area contributed by atoms with Crippen LogP contribution in [0.2, 0.25) is 10.0 Å². The number of thiophene rings is 1. The van der Waals surface area contributed by atoms with Crippen LogP contribution in [0.5, 0.6) is 5.75 Å². The first-order valence-electron chi connectivity index (χ1n) is 8.32. The van der Waals surface area contributed by atoms with Gasteiger partial charge in [0.2, 0.25) is 0 Å². The standard InChI is InChI=1S/C18H14Cl2N2O6S3/c1-11-4-5-12(7-17(11)28-10-23)30(24,25)21-15-8-13(19)14(20)9-16(15)22-31(26,27)18-3-2-6-29-18/h2-10,21-22H,1H3. The molecule has 31 heavy (non-hydrogen) atoms. The molecule has 1 aromatic heterocycles. The summed E-state index contributed by atoms with van der Waals surface area (Å²) in [6.45, 7) is 1.82. The number of hydrogen-bond donors (Lipinski definition) is 2. The van der Waals surface area contributed by atoms with Crippen molar-refractivity contribution < 1.29 is 26.4 Å². The SMILES string of the molecule is Cc1ccc(S(=O)(=O)Nc2cc(Cl)c(Cl)cc2NS(=O)(=O)c2cccs2)cc1OC=O. The molecule has 0 aliphatic rings. The molecule has 0 atom stereocenters. The minimum Gasteiger partial charge on any atom is -0.428 e. The number of halogens is 2. The average molecular weight is 521 g/mol. The smallest absolute Gasteiger partial charge is 0.298 e. The molecular formula is C18H14Cl2N2O6S3. The van der Waals surface area contributed by atoms with E-state index >= 15 is 0 Å². The maximum absolute atomic E-state index is 12.9. The second kappa shape index (κ2) is 9.05. The van der Waals surface area contributed by atoms with E-state index in [1.165, 1.54) is 36.4 Å². The largest absolute Gasteiger partial charge is 0.428 e. The van der Waals surface area contributed by atoms with Gasteiger partial charge in [-0.2, -0.15) is 0 Å². The summed E-state index contributed by atoms with van der Waals surface area (Å²) >= 11 is 13.0. The Morgan fingerprint density at radius 2 is 1.55 bits per heavy atom. The van der Waals surface area contributed by atoms with E-state index in [4.69, 9.17) is 27.9 Å². The van der Waals surface area contributed by atoms with Crippen LogP contribution in [-0.2, 0) is 24.8 Å². The first-order valence-corrected chi connectivity index (χ1v) is 12.9. The minimum absolute atomic E-state index is 0.00678. The molecule has 13 heteroatoms. The highest BCUT2D eigenvalue weighted by Gasteiger charge is 2.22. The summed E-state index contributed by atoms with van der Waals surface area (Å²) < 4.78 is 60.4. The van der Waals surface area contributed by atoms with E-state index in [1.54, 1.807) is 18.4 Å². The third kappa shape index (κ3) is 5.31. The van der Waals surface area contributed by atoms with Crippen LogP contribution in [0.15, 0.2) is 56.9 Å². The van der Waals surface area contributed by atoms with Crippen LogP contribution in [0.3, 0.4) is 0 Å². The summed E-state index contributed by atoms with van der Waals surface area (Å²) in [7, 11) is -8.20. The van der Waals surface area contributed by atoms with Crippen molar-refractivity contribution in [3.05, 3.63) is 63.5 Å². The Hall–Kier alpha value is -2.31. The van der Waals surface area contributed by atoms with Crippen LogP contribution < -0.4 is 14.2 Å². The molecule has 0 fully saturated rings. The predicted molar refractivity (Wildman–Crippen MR) is 120 cm³/mol. The van der Waals surface area contributed by atoms with Crippen LogP contribution in [-0.4, -0.2) is 23.3 Å². The Kier molecular flexibility index (Phi) is 6.82. The predicted octanol–water partition coefficient (Wildman–Crippen LogP) is 4.50. The van der Waals surface area contributed by atoms with Gasteiger partial charge in [0.1, 0.15) is 9.96 Å². The van der Waals surface area contributed by atoms with Crippen LogP contribution in [0.1, 0.15) is 5.56 Å². The maximum atomic E-state index is 12.9. The first kappa shape index (κ1) is 23.4. The molecule has 0 aliphatic carbocycles. The van der Waals surface area contributed by atoms with E-state index in [2.05, 4.69) is 9.44 Å². The fourth-order valence-corrected chi connectivity index (χ4v) is 5.93. The van der Waals surface area contributed by atoms with Gasteiger partial charge in [-0.05, 0) is 42.1 Å². The van der Waals surface area contributed by atoms with Crippen molar-refractivity contribution >= 4 is 72.4 Å². The summed E-state index contributed by atoms with van der Waals surface area (Å²) in [6.07, 6.45) is 0. The number of hydrogen-bond acceptors (Lipinski definition) is 7. The number of carbonyl (C=O) groups excluding carboxylic acids is 1. The number of anilines is 2. The molecule has 0 radical (unpaired) electrons. The van der Waals surface area contributed by atoms with E-state index in [-0.39, 0.29) is 42.7 Å². The highest BCUT2D eigenvalue weighted by Crippen LogP contribution is 2.36. The number of nitrogens with one attached hydrogen (secondary N) is 2. The molecule has 0 unspecified atom stereocenters. The van der Waals surface area contributed by atoms with Gasteiger partial charge in [0.05, 0.1) is 26.3 Å². The zero-order valence-corrected chi connectivity index (χ0v) is 19.6. The molecule has 8 nitrogen and oxygen atoms in total. The molecule has 0 bridgehead atoms. The Morgan fingerprint density at radius 1 is 0.935 bits per heavy atom. The number of carbonyl (C=O) groups is 1. The van der Waals surface area contributed by atoms with Gasteiger partial charge in [0, 0.05) is 6.07 Å². The van der Waals surface area contributed by atoms with Crippen molar-refractivity contribution in [3.63, 3.8) is 0 Å². The Morgan fingerprint density at radius 3 is 2.10 bits per heavy atom. The van der Waals surface area contributed by atoms with Crippen LogP contribution in [0, 0.1) is 6.92 Å². The lowest BCUT2D eigenvalue weighted by Crippen LogP contribution is -2.17. The lowest BCUT2D eigenvalue weighted by atomic mass is 10.2. The highest BCUT2D eigenvalue weighted by atomic mass is 35.5. The summed E-state index contributed by atoms with van der Waals surface area (Å²) in [5.41, 5.74) is 0.279. The van der Waals surface area contributed by atoms with Gasteiger partial charge >= 0.3 is 0 Å². The number of aryl methyl sites for hydroxylation is 1. The van der Waals surface area contributed by atoms with Gasteiger partial charge in [-0.3, -0.25) is 14.2 Å². The first-order chi connectivity index (χ1) is 14.5. The second-order valence-electron chi connectivity index (χ2n) is 6.10. The molecule has 3 rings (SSSR count). The summed E-state index contributed by atoms with van der Waals surface area (Å²) in [5, 5.41) is 1.61. The molecule has 0 saturated heterocycles. The summed E-state index contributed by atoms with van der Waals surface area (Å²) in [5.74, 6) is 0.0608. The molecule has 0 spiro atoms. The van der Waals surface area contributed by atoms with Crippen molar-refractivity contribution in [2.24, 2.45) is 0 Å². The molecular weight excluding hydrogens is 507 g/mol. The molecule has 1 heterocycles. The van der Waals surface area contributed by atoms with E-state index in [0.29, 0.717) is 5.56 Å². The van der Waals surface area contributed by atoms with Crippen LogP contribution in [0.25, 0.3) is 0 Å². The minimum atomic E-state index is -4.21. The van der Waals surface area contributed by atoms with Gasteiger partial charge in [-0.15, -0.1) is 11.3 Å². The highest BCUT2D eigenvalue weighted by molar-refractivity contribution is 7.94. The normalized spacial score (nSPS) is 11.7. The number of sulfonamides is 2. The Balaban J connectivity index is 2.02. The maximum Gasteiger partial charge on any atom is 0.298 e. The van der Waals surface area contributed by atoms with Crippen molar-refractivity contribution in [1.29, 1.82) is 0 Å². The van der Waals surface area contributed by atoms with E-state index in [9.17, 15) is 21.6 Å². The van der Waals surface area contributed by atoms with Gasteiger partial charge in [-0.25, -0.2) is 16.8 Å². The van der Waals surface area contributed by atoms with Crippen molar-refractivity contribution in [3.8, 4) is 5.75 Å². The number of ether oxygens (including phenoxy) is 1. The summed E-state index contributed by atoms with van der Waals surface area (Å²) in [6, 6.07) is 9.28. The lowest BCUT2D eigenvalue weighted by molar-refractivity contribution is -0.120. The molecule has 0 amide bonds. The van der Waals surface area contributed by atoms with Gasteiger partial charge in [-0.1, -0.05) is 35.3 Å². The van der Waals surface area contributed by atoms with Gasteiger partial charge in [0.15, 0.2) is 0 Å². The molecule has 164 valence electrons. The van der Waals surface area contributed by atoms with E-state index < -0.39 is 20.0 Å². The fourth-order valence-electron chi connectivity index (χ4n) is 2.46. The second-order valence-corrected chi connectivity index (χ2v) is 11.5. The average Bonchev–Trinajstić information content (AvgIpc) is 3.23. The molecule has 0 saturated carbocycles.